The van der Waals surface area contributed by atoms with E-state index in [9.17, 15) is 35.9 Å². The summed E-state index contributed by atoms with van der Waals surface area (Å²) in [5.74, 6) is -0.504. The summed E-state index contributed by atoms with van der Waals surface area (Å²) in [7, 11) is 0. The Hall–Kier alpha value is -3.24. The maximum absolute atomic E-state index is 13.5. The Morgan fingerprint density at radius 1 is 1.00 bits per heavy atom. The molecule has 0 saturated carbocycles. The number of carbonyl (C=O) groups excluding carboxylic acids is 2. The van der Waals surface area contributed by atoms with E-state index in [4.69, 9.17) is 4.74 Å². The average Bonchev–Trinajstić information content (AvgIpc) is 3.22. The van der Waals surface area contributed by atoms with Crippen molar-refractivity contribution in [2.75, 3.05) is 11.4 Å². The van der Waals surface area contributed by atoms with Crippen LogP contribution in [-0.2, 0) is 41.3 Å². The van der Waals surface area contributed by atoms with Gasteiger partial charge in [0.1, 0.15) is 0 Å². The van der Waals surface area contributed by atoms with Gasteiger partial charge in [-0.15, -0.1) is 0 Å². The van der Waals surface area contributed by atoms with Crippen molar-refractivity contribution in [2.45, 2.75) is 83.9 Å². The zero-order valence-electron chi connectivity index (χ0n) is 21.9. The van der Waals surface area contributed by atoms with Gasteiger partial charge in [-0.05, 0) is 86.4 Å². The van der Waals surface area contributed by atoms with E-state index in [2.05, 4.69) is 0 Å². The smallest absolute Gasteiger partial charge is 0.416 e. The molecule has 0 bridgehead atoms. The molecule has 0 saturated heterocycles. The molecule has 4 rings (SSSR count). The molecule has 2 aromatic rings. The fraction of sp³-hybridized carbons (Fsp3) is 0.500. The lowest BCUT2D eigenvalue weighted by molar-refractivity contribution is -0.143. The van der Waals surface area contributed by atoms with E-state index in [1.165, 1.54) is 11.8 Å². The van der Waals surface area contributed by atoms with Crippen LogP contribution in [0.2, 0.25) is 0 Å². The number of halogens is 6. The zero-order valence-corrected chi connectivity index (χ0v) is 21.9. The molecule has 0 aromatic heterocycles. The van der Waals surface area contributed by atoms with E-state index in [0.29, 0.717) is 49.2 Å². The molecule has 39 heavy (non-hydrogen) atoms. The topological polar surface area (TPSA) is 49.9 Å². The first kappa shape index (κ1) is 28.8. The van der Waals surface area contributed by atoms with Gasteiger partial charge in [-0.3, -0.25) is 9.69 Å². The van der Waals surface area contributed by atoms with Crippen molar-refractivity contribution in [3.63, 3.8) is 0 Å². The van der Waals surface area contributed by atoms with E-state index in [1.54, 1.807) is 18.7 Å². The highest BCUT2D eigenvalue weighted by Gasteiger charge is 2.39. The third-order valence-electron chi connectivity index (χ3n) is 7.11. The summed E-state index contributed by atoms with van der Waals surface area (Å²) >= 11 is 0. The third kappa shape index (κ3) is 6.17. The summed E-state index contributed by atoms with van der Waals surface area (Å²) in [5.41, 5.74) is 0.141. The first-order chi connectivity index (χ1) is 18.2. The summed E-state index contributed by atoms with van der Waals surface area (Å²) in [4.78, 5) is 28.9. The number of carbonyl (C=O) groups is 2. The first-order valence-electron chi connectivity index (χ1n) is 12.8. The molecule has 2 aromatic carbocycles. The molecule has 0 radical (unpaired) electrons. The highest BCUT2D eigenvalue weighted by molar-refractivity contribution is 5.91. The Morgan fingerprint density at radius 2 is 1.64 bits per heavy atom. The van der Waals surface area contributed by atoms with Gasteiger partial charge in [0, 0.05) is 20.0 Å². The van der Waals surface area contributed by atoms with Gasteiger partial charge in [-0.2, -0.15) is 26.3 Å². The van der Waals surface area contributed by atoms with Gasteiger partial charge in [-0.25, -0.2) is 4.79 Å². The second-order valence-electron chi connectivity index (χ2n) is 10.3. The maximum Gasteiger partial charge on any atom is 0.416 e. The lowest BCUT2D eigenvalue weighted by atomic mass is 9.94. The number of rotatable bonds is 4. The van der Waals surface area contributed by atoms with Gasteiger partial charge in [0.05, 0.1) is 29.0 Å². The fourth-order valence-corrected chi connectivity index (χ4v) is 5.48. The normalized spacial score (nSPS) is 17.5. The molecule has 0 unspecified atom stereocenters. The highest BCUT2D eigenvalue weighted by Crippen LogP contribution is 2.44. The van der Waals surface area contributed by atoms with Gasteiger partial charge < -0.3 is 9.64 Å². The van der Waals surface area contributed by atoms with Crippen LogP contribution >= 0.6 is 0 Å². The van der Waals surface area contributed by atoms with E-state index < -0.39 is 48.1 Å². The lowest BCUT2D eigenvalue weighted by Gasteiger charge is -2.33. The van der Waals surface area contributed by atoms with Gasteiger partial charge in [0.2, 0.25) is 5.91 Å². The summed E-state index contributed by atoms with van der Waals surface area (Å²) in [6.07, 6.45) is -7.68. The number of fused-ring (bicyclic) bond motifs is 3. The van der Waals surface area contributed by atoms with Crippen LogP contribution in [0, 0.1) is 0 Å². The summed E-state index contributed by atoms with van der Waals surface area (Å²) in [6, 6.07) is 4.45. The molecule has 1 atom stereocenters. The molecule has 5 nitrogen and oxygen atoms in total. The summed E-state index contributed by atoms with van der Waals surface area (Å²) in [6.45, 7) is 4.55. The van der Waals surface area contributed by atoms with E-state index >= 15 is 0 Å². The SMILES string of the molecule is CC(=O)N(Cc1cc(C(F)(F)F)cc(C(F)(F)F)c1)[C@H]1CCCN(C(=O)OC(C)C)c2c1ccc1c2CCC1. The highest BCUT2D eigenvalue weighted by atomic mass is 19.4. The molecule has 2 amide bonds. The predicted molar refractivity (Wildman–Crippen MR) is 132 cm³/mol. The predicted octanol–water partition coefficient (Wildman–Crippen LogP) is 7.45. The Labute approximate surface area is 222 Å². The number of ether oxygens (including phenoxy) is 1. The summed E-state index contributed by atoms with van der Waals surface area (Å²) < 4.78 is 86.3. The van der Waals surface area contributed by atoms with Crippen LogP contribution < -0.4 is 4.90 Å². The van der Waals surface area contributed by atoms with E-state index in [0.717, 1.165) is 24.0 Å². The van der Waals surface area contributed by atoms with E-state index in [-0.39, 0.29) is 17.7 Å². The van der Waals surface area contributed by atoms with Crippen LogP contribution in [0.25, 0.3) is 0 Å². The number of aryl methyl sites for hydroxylation is 1. The van der Waals surface area contributed by atoms with Crippen LogP contribution in [-0.4, -0.2) is 29.5 Å². The molecule has 11 heteroatoms. The second-order valence-corrected chi connectivity index (χ2v) is 10.3. The third-order valence-corrected chi connectivity index (χ3v) is 7.11. The van der Waals surface area contributed by atoms with Crippen LogP contribution in [0.15, 0.2) is 30.3 Å². The van der Waals surface area contributed by atoms with Crippen molar-refractivity contribution in [1.29, 1.82) is 0 Å². The van der Waals surface area contributed by atoms with Crippen molar-refractivity contribution < 1.29 is 40.7 Å². The molecular weight excluding hydrogens is 526 g/mol. The molecule has 1 heterocycles. The van der Waals surface area contributed by atoms with Gasteiger partial charge in [0.25, 0.3) is 0 Å². The minimum absolute atomic E-state index is 0.0735. The number of nitrogens with zero attached hydrogens (tertiary/aromatic N) is 2. The molecule has 2 aliphatic rings. The minimum atomic E-state index is -5.00. The number of benzene rings is 2. The van der Waals surface area contributed by atoms with Crippen molar-refractivity contribution in [2.24, 2.45) is 0 Å². The Kier molecular flexibility index (Phi) is 7.91. The Morgan fingerprint density at radius 3 is 2.21 bits per heavy atom. The molecular formula is C28H30F6N2O3. The molecule has 1 aliphatic heterocycles. The minimum Gasteiger partial charge on any atom is -0.446 e. The van der Waals surface area contributed by atoms with Gasteiger partial charge >= 0.3 is 18.4 Å². The van der Waals surface area contributed by atoms with Crippen LogP contribution in [0.3, 0.4) is 0 Å². The standard InChI is InChI=1S/C28H30F6N2O3/c1-16(2)39-26(38)35-11-5-8-24(23-10-9-19-6-4-7-22(19)25(23)35)36(17(3)37)15-18-12-20(27(29,30)31)14-21(13-18)28(32,33)34/h9-10,12-14,16,24H,4-8,11,15H2,1-3H3/t24-/m0/s1. The number of anilines is 1. The number of alkyl halides is 6. The van der Waals surface area contributed by atoms with Crippen LogP contribution in [0.1, 0.15) is 79.5 Å². The van der Waals surface area contributed by atoms with E-state index in [1.807, 2.05) is 12.1 Å². The largest absolute Gasteiger partial charge is 0.446 e. The lowest BCUT2D eigenvalue weighted by Crippen LogP contribution is -2.35. The van der Waals surface area contributed by atoms with Crippen molar-refractivity contribution >= 4 is 17.7 Å². The van der Waals surface area contributed by atoms with Crippen molar-refractivity contribution in [1.82, 2.24) is 4.90 Å². The van der Waals surface area contributed by atoms with Gasteiger partial charge in [-0.1, -0.05) is 12.1 Å². The molecule has 0 fully saturated rings. The number of amides is 2. The Balaban J connectivity index is 1.80. The first-order valence-corrected chi connectivity index (χ1v) is 12.8. The molecule has 1 aliphatic carbocycles. The number of hydrogen-bond acceptors (Lipinski definition) is 3. The summed E-state index contributed by atoms with van der Waals surface area (Å²) in [5, 5.41) is 0. The van der Waals surface area contributed by atoms with Crippen LogP contribution in [0.5, 0.6) is 0 Å². The second kappa shape index (κ2) is 10.7. The van der Waals surface area contributed by atoms with Crippen molar-refractivity contribution in [3.8, 4) is 0 Å². The molecule has 0 N–H and O–H groups in total. The zero-order chi connectivity index (χ0) is 28.7. The maximum atomic E-state index is 13.5. The van der Waals surface area contributed by atoms with Crippen LogP contribution in [0.4, 0.5) is 36.8 Å². The molecule has 0 spiro atoms. The molecule has 212 valence electrons. The van der Waals surface area contributed by atoms with Crippen molar-refractivity contribution in [3.05, 3.63) is 63.7 Å². The monoisotopic (exact) mass is 556 g/mol. The average molecular weight is 557 g/mol. The fourth-order valence-electron chi connectivity index (χ4n) is 5.48. The Bertz CT molecular complexity index is 1220. The number of hydrogen-bond donors (Lipinski definition) is 0. The quantitative estimate of drug-likeness (QED) is 0.368. The van der Waals surface area contributed by atoms with Gasteiger partial charge in [0.15, 0.2) is 0 Å².